The summed E-state index contributed by atoms with van der Waals surface area (Å²) in [5.41, 5.74) is 2.81. The van der Waals surface area contributed by atoms with E-state index in [-0.39, 0.29) is 30.6 Å². The third-order valence-corrected chi connectivity index (χ3v) is 7.81. The van der Waals surface area contributed by atoms with E-state index >= 15 is 0 Å². The fraction of sp³-hybridized carbons (Fsp3) is 0.655. The molecule has 1 heterocycles. The molecule has 7 heteroatoms. The summed E-state index contributed by atoms with van der Waals surface area (Å²) in [6.45, 7) is 22.6. The monoisotopic (exact) mass is 518 g/mol. The number of ether oxygens (including phenoxy) is 4. The summed E-state index contributed by atoms with van der Waals surface area (Å²) in [6, 6.07) is 4.94. The molecule has 0 spiro atoms. The molecule has 1 saturated heterocycles. The highest BCUT2D eigenvalue weighted by Crippen LogP contribution is 2.34. The van der Waals surface area contributed by atoms with Crippen LogP contribution in [0.25, 0.3) is 6.08 Å². The van der Waals surface area contributed by atoms with Crippen LogP contribution < -0.4 is 0 Å². The second kappa shape index (κ2) is 11.6. The van der Waals surface area contributed by atoms with Crippen LogP contribution in [-0.2, 0) is 23.7 Å². The first-order valence-corrected chi connectivity index (χ1v) is 16.6. The molecule has 1 fully saturated rings. The molecule has 0 amide bonds. The van der Waals surface area contributed by atoms with Crippen LogP contribution in [0, 0.1) is 25.2 Å². The van der Waals surface area contributed by atoms with Crippen molar-refractivity contribution in [3.05, 3.63) is 40.5 Å². The number of carbonyl (C=O) groups excluding carboxylic acids is 2. The molecule has 6 nitrogen and oxygen atoms in total. The van der Waals surface area contributed by atoms with Gasteiger partial charge in [-0.3, -0.25) is 4.79 Å². The number of benzene rings is 1. The topological polar surface area (TPSA) is 71.1 Å². The molecule has 2 rings (SSSR count). The van der Waals surface area contributed by atoms with E-state index in [1.54, 1.807) is 0 Å². The van der Waals surface area contributed by atoms with Gasteiger partial charge in [-0.15, -0.1) is 0 Å². The zero-order chi connectivity index (χ0) is 27.5. The lowest BCUT2D eigenvalue weighted by Gasteiger charge is -2.23. The van der Waals surface area contributed by atoms with Gasteiger partial charge in [-0.1, -0.05) is 56.4 Å². The second-order valence-electron chi connectivity index (χ2n) is 12.7. The van der Waals surface area contributed by atoms with Crippen LogP contribution in [0.2, 0.25) is 25.7 Å². The van der Waals surface area contributed by atoms with Crippen molar-refractivity contribution >= 4 is 26.1 Å². The number of carbonyl (C=O) groups is 2. The Morgan fingerprint density at radius 3 is 2.33 bits per heavy atom. The van der Waals surface area contributed by atoms with Crippen LogP contribution in [0.5, 0.6) is 0 Å². The number of hydrogen-bond acceptors (Lipinski definition) is 6. The van der Waals surface area contributed by atoms with Crippen molar-refractivity contribution < 1.29 is 28.5 Å². The molecule has 0 radical (unpaired) electrons. The first-order chi connectivity index (χ1) is 16.4. The Morgan fingerprint density at radius 2 is 1.75 bits per heavy atom. The van der Waals surface area contributed by atoms with Gasteiger partial charge in [0.15, 0.2) is 5.79 Å². The predicted octanol–water partition coefficient (Wildman–Crippen LogP) is 6.56. The molecular formula is C29H46O6Si. The highest BCUT2D eigenvalue weighted by Gasteiger charge is 2.44. The summed E-state index contributed by atoms with van der Waals surface area (Å²) >= 11 is 0. The minimum absolute atomic E-state index is 0.0540. The summed E-state index contributed by atoms with van der Waals surface area (Å²) < 4.78 is 23.5. The smallest absolute Gasteiger partial charge is 0.338 e. The molecule has 1 aromatic carbocycles. The van der Waals surface area contributed by atoms with Crippen LogP contribution in [0.4, 0.5) is 0 Å². The van der Waals surface area contributed by atoms with E-state index in [4.69, 9.17) is 18.9 Å². The van der Waals surface area contributed by atoms with Gasteiger partial charge in [0.25, 0.3) is 0 Å². The van der Waals surface area contributed by atoms with Gasteiger partial charge < -0.3 is 18.9 Å². The summed E-state index contributed by atoms with van der Waals surface area (Å²) in [5, 5.41) is 0. The Morgan fingerprint density at radius 1 is 1.11 bits per heavy atom. The van der Waals surface area contributed by atoms with Crippen molar-refractivity contribution in [3.8, 4) is 0 Å². The molecule has 0 saturated carbocycles. The number of hydrogen-bond donors (Lipinski definition) is 0. The van der Waals surface area contributed by atoms with Crippen molar-refractivity contribution in [2.45, 2.75) is 99.1 Å². The van der Waals surface area contributed by atoms with Crippen LogP contribution in [-0.4, -0.2) is 51.2 Å². The minimum atomic E-state index is -1.30. The average Bonchev–Trinajstić information content (AvgIpc) is 3.02. The van der Waals surface area contributed by atoms with Crippen LogP contribution in [0.15, 0.2) is 18.2 Å². The minimum Gasteiger partial charge on any atom is -0.462 e. The second-order valence-corrected chi connectivity index (χ2v) is 18.3. The number of aryl methyl sites for hydroxylation is 2. The number of esters is 2. The van der Waals surface area contributed by atoms with E-state index in [1.165, 1.54) is 0 Å². The fourth-order valence-electron chi connectivity index (χ4n) is 4.11. The maximum absolute atomic E-state index is 13.0. The van der Waals surface area contributed by atoms with Gasteiger partial charge in [0.1, 0.15) is 12.7 Å². The van der Waals surface area contributed by atoms with E-state index in [0.29, 0.717) is 12.2 Å². The fourth-order valence-corrected chi connectivity index (χ4v) is 4.82. The molecule has 0 aliphatic carbocycles. The molecule has 3 unspecified atom stereocenters. The van der Waals surface area contributed by atoms with Crippen molar-refractivity contribution in [2.24, 2.45) is 11.3 Å². The normalized spacial score (nSPS) is 21.0. The van der Waals surface area contributed by atoms with Crippen molar-refractivity contribution in [2.75, 3.05) is 13.2 Å². The standard InChI is InChI=1S/C29H46O6Si/c1-19-16-21(3)24(26(30)32-14-15-36(9,10)11)22(17-19)13-12-20(2)25-23(34-29(7,8)35-25)18-33-27(31)28(4,5)6/h12-13,16-17,20,23,25H,14-15,18H2,1-11H3/b13-12+. The molecule has 0 N–H and O–H groups in total. The molecule has 1 aliphatic rings. The SMILES string of the molecule is Cc1cc(C)c(C(=O)OCC[Si](C)(C)C)c(/C=C/C(C)C2OC(C)(C)OC2COC(=O)C(C)(C)C)c1. The average molecular weight is 519 g/mol. The van der Waals surface area contributed by atoms with Gasteiger partial charge in [0.05, 0.1) is 23.7 Å². The van der Waals surface area contributed by atoms with Crippen molar-refractivity contribution in [1.29, 1.82) is 0 Å². The van der Waals surface area contributed by atoms with Crippen molar-refractivity contribution in [1.82, 2.24) is 0 Å². The molecule has 3 atom stereocenters. The van der Waals surface area contributed by atoms with E-state index in [1.807, 2.05) is 79.7 Å². The zero-order valence-corrected chi connectivity index (χ0v) is 25.1. The molecular weight excluding hydrogens is 472 g/mol. The zero-order valence-electron chi connectivity index (χ0n) is 24.1. The molecule has 36 heavy (non-hydrogen) atoms. The van der Waals surface area contributed by atoms with E-state index in [2.05, 4.69) is 19.6 Å². The Hall–Kier alpha value is -1.96. The van der Waals surface area contributed by atoms with Gasteiger partial charge in [-0.2, -0.15) is 0 Å². The predicted molar refractivity (Wildman–Crippen MR) is 147 cm³/mol. The Balaban J connectivity index is 2.21. The summed E-state index contributed by atoms with van der Waals surface area (Å²) in [5.74, 6) is -1.39. The van der Waals surface area contributed by atoms with Gasteiger partial charge in [0.2, 0.25) is 0 Å². The lowest BCUT2D eigenvalue weighted by atomic mass is 9.95. The van der Waals surface area contributed by atoms with Gasteiger partial charge >= 0.3 is 11.9 Å². The molecule has 1 aliphatic heterocycles. The Bertz CT molecular complexity index is 967. The first kappa shape index (κ1) is 30.3. The first-order valence-electron chi connectivity index (χ1n) is 12.9. The Labute approximate surface area is 218 Å². The number of rotatable bonds is 9. The maximum atomic E-state index is 13.0. The van der Waals surface area contributed by atoms with Gasteiger partial charge in [-0.05, 0) is 65.6 Å². The largest absolute Gasteiger partial charge is 0.462 e. The highest BCUT2D eigenvalue weighted by atomic mass is 28.3. The van der Waals surface area contributed by atoms with E-state index < -0.39 is 25.4 Å². The summed E-state index contributed by atoms with van der Waals surface area (Å²) in [4.78, 5) is 25.3. The van der Waals surface area contributed by atoms with Crippen LogP contribution in [0.1, 0.15) is 68.6 Å². The Kier molecular flexibility index (Phi) is 9.76. The highest BCUT2D eigenvalue weighted by molar-refractivity contribution is 6.76. The van der Waals surface area contributed by atoms with E-state index in [0.717, 1.165) is 22.7 Å². The molecule has 0 aromatic heterocycles. The third-order valence-electron chi connectivity index (χ3n) is 6.11. The third kappa shape index (κ3) is 8.85. The van der Waals surface area contributed by atoms with Crippen LogP contribution in [0.3, 0.4) is 0 Å². The van der Waals surface area contributed by atoms with Gasteiger partial charge in [0, 0.05) is 14.0 Å². The van der Waals surface area contributed by atoms with Crippen molar-refractivity contribution in [3.63, 3.8) is 0 Å². The lowest BCUT2D eigenvalue weighted by molar-refractivity contribution is -0.165. The lowest BCUT2D eigenvalue weighted by Crippen LogP contribution is -2.35. The maximum Gasteiger partial charge on any atom is 0.338 e. The molecule has 0 bridgehead atoms. The summed E-state index contributed by atoms with van der Waals surface area (Å²) in [6.07, 6.45) is 3.30. The molecule has 1 aromatic rings. The van der Waals surface area contributed by atoms with E-state index in [9.17, 15) is 9.59 Å². The quantitative estimate of drug-likeness (QED) is 0.272. The molecule has 202 valence electrons. The summed E-state index contributed by atoms with van der Waals surface area (Å²) in [7, 11) is -1.30. The van der Waals surface area contributed by atoms with Gasteiger partial charge in [-0.25, -0.2) is 4.79 Å². The van der Waals surface area contributed by atoms with Crippen LogP contribution >= 0.6 is 0 Å².